The monoisotopic (exact) mass is 495 g/mol. The Balaban J connectivity index is 1.85. The van der Waals surface area contributed by atoms with Crippen LogP contribution < -0.4 is 20.4 Å². The lowest BCUT2D eigenvalue weighted by Crippen LogP contribution is -2.45. The van der Waals surface area contributed by atoms with Crippen LogP contribution in [0, 0.1) is 5.92 Å². The van der Waals surface area contributed by atoms with E-state index < -0.39 is 29.3 Å². The predicted molar refractivity (Wildman–Crippen MR) is 137 cm³/mol. The molecule has 0 aliphatic carbocycles. The summed E-state index contributed by atoms with van der Waals surface area (Å²) in [7, 11) is 1.58. The highest BCUT2D eigenvalue weighted by atomic mass is 16.6. The van der Waals surface area contributed by atoms with E-state index in [-0.39, 0.29) is 11.3 Å². The Morgan fingerprint density at radius 3 is 2.25 bits per heavy atom. The molecule has 0 fully saturated rings. The van der Waals surface area contributed by atoms with Crippen molar-refractivity contribution in [1.82, 2.24) is 5.32 Å². The third-order valence-corrected chi connectivity index (χ3v) is 5.34. The van der Waals surface area contributed by atoms with Gasteiger partial charge in [-0.15, -0.1) is 0 Å². The third-order valence-electron chi connectivity index (χ3n) is 5.34. The number of fused-ring (bicyclic) bond motifs is 1. The highest BCUT2D eigenvalue weighted by Gasteiger charge is 2.26. The largest absolute Gasteiger partial charge is 0.497 e. The van der Waals surface area contributed by atoms with E-state index in [0.29, 0.717) is 35.5 Å². The van der Waals surface area contributed by atoms with E-state index in [1.165, 1.54) is 12.1 Å². The number of benzene rings is 2. The van der Waals surface area contributed by atoms with Crippen LogP contribution in [0.1, 0.15) is 47.5 Å². The molecule has 36 heavy (non-hydrogen) atoms. The van der Waals surface area contributed by atoms with Crippen molar-refractivity contribution in [3.05, 3.63) is 59.0 Å². The number of carbonyl (C=O) groups excluding carboxylic acids is 2. The number of alkyl carbamates (subject to hydrolysis) is 1. The number of methoxy groups -OCH3 is 1. The van der Waals surface area contributed by atoms with Gasteiger partial charge >= 0.3 is 17.7 Å². The Hall–Kier alpha value is -3.81. The second-order valence-electron chi connectivity index (χ2n) is 9.96. The van der Waals surface area contributed by atoms with Crippen LogP contribution in [0.25, 0.3) is 22.1 Å². The summed E-state index contributed by atoms with van der Waals surface area (Å²) in [5, 5.41) is 3.30. The standard InChI is InChI=1S/C28H33NO7/c1-17(2)7-14-23(29-27(32)36-28(3,4)5)26(31)34-20-12-13-21-22(16-25(30)35-24(21)15-20)18-8-10-19(33-6)11-9-18/h8-13,15-17,23H,7,14H2,1-6H3,(H,29,32). The van der Waals surface area contributed by atoms with Crippen molar-refractivity contribution < 1.29 is 28.2 Å². The molecule has 3 aromatic rings. The van der Waals surface area contributed by atoms with Crippen molar-refractivity contribution in [3.63, 3.8) is 0 Å². The summed E-state index contributed by atoms with van der Waals surface area (Å²) in [5.41, 5.74) is 0.543. The number of nitrogens with one attached hydrogen (secondary N) is 1. The van der Waals surface area contributed by atoms with Gasteiger partial charge in [0.15, 0.2) is 0 Å². The van der Waals surface area contributed by atoms with Crippen LogP contribution in [0.5, 0.6) is 11.5 Å². The topological polar surface area (TPSA) is 104 Å². The van der Waals surface area contributed by atoms with Gasteiger partial charge in [-0.1, -0.05) is 26.0 Å². The second kappa shape index (κ2) is 11.3. The maximum Gasteiger partial charge on any atom is 0.408 e. The maximum atomic E-state index is 13.0. The Morgan fingerprint density at radius 1 is 0.972 bits per heavy atom. The van der Waals surface area contributed by atoms with Gasteiger partial charge in [0.2, 0.25) is 0 Å². The predicted octanol–water partition coefficient (Wildman–Crippen LogP) is 5.70. The zero-order valence-electron chi connectivity index (χ0n) is 21.5. The number of hydrogen-bond acceptors (Lipinski definition) is 7. The summed E-state index contributed by atoms with van der Waals surface area (Å²) < 4.78 is 21.5. The zero-order chi connectivity index (χ0) is 26.5. The molecule has 0 aliphatic rings. The van der Waals surface area contributed by atoms with E-state index in [0.717, 1.165) is 5.56 Å². The minimum Gasteiger partial charge on any atom is -0.497 e. The van der Waals surface area contributed by atoms with Crippen molar-refractivity contribution in [2.24, 2.45) is 5.92 Å². The van der Waals surface area contributed by atoms with E-state index in [1.807, 2.05) is 26.0 Å². The fraction of sp³-hybridized carbons (Fsp3) is 0.393. The van der Waals surface area contributed by atoms with Gasteiger partial charge in [-0.25, -0.2) is 14.4 Å². The fourth-order valence-corrected chi connectivity index (χ4v) is 3.60. The molecule has 1 aromatic heterocycles. The molecule has 1 amide bonds. The van der Waals surface area contributed by atoms with Gasteiger partial charge in [-0.05, 0) is 74.9 Å². The molecule has 192 valence electrons. The summed E-state index contributed by atoms with van der Waals surface area (Å²) in [5.74, 6) is 0.594. The fourth-order valence-electron chi connectivity index (χ4n) is 3.60. The molecule has 1 N–H and O–H groups in total. The summed E-state index contributed by atoms with van der Waals surface area (Å²) in [4.78, 5) is 37.5. The summed E-state index contributed by atoms with van der Waals surface area (Å²) in [6.45, 7) is 9.30. The molecule has 8 heteroatoms. The lowest BCUT2D eigenvalue weighted by Gasteiger charge is -2.23. The van der Waals surface area contributed by atoms with E-state index in [2.05, 4.69) is 5.32 Å². The van der Waals surface area contributed by atoms with Crippen molar-refractivity contribution in [3.8, 4) is 22.6 Å². The number of carbonyl (C=O) groups is 2. The Morgan fingerprint density at radius 2 is 1.64 bits per heavy atom. The number of esters is 1. The molecule has 8 nitrogen and oxygen atoms in total. The average Bonchev–Trinajstić information content (AvgIpc) is 2.79. The minimum absolute atomic E-state index is 0.197. The van der Waals surface area contributed by atoms with Crippen molar-refractivity contribution in [1.29, 1.82) is 0 Å². The molecule has 0 saturated carbocycles. The molecule has 1 unspecified atom stereocenters. The molecule has 0 radical (unpaired) electrons. The van der Waals surface area contributed by atoms with E-state index in [4.69, 9.17) is 18.6 Å². The van der Waals surface area contributed by atoms with Gasteiger partial charge in [0.25, 0.3) is 0 Å². The van der Waals surface area contributed by atoms with E-state index >= 15 is 0 Å². The molecule has 1 heterocycles. The molecule has 0 bridgehead atoms. The first-order valence-corrected chi connectivity index (χ1v) is 11.9. The number of rotatable bonds is 8. The van der Waals surface area contributed by atoms with E-state index in [9.17, 15) is 14.4 Å². The molecular weight excluding hydrogens is 462 g/mol. The molecule has 1 atom stereocenters. The molecule has 2 aromatic carbocycles. The van der Waals surface area contributed by atoms with Crippen molar-refractivity contribution in [2.45, 2.75) is 59.1 Å². The van der Waals surface area contributed by atoms with Gasteiger partial charge in [-0.3, -0.25) is 0 Å². The van der Waals surface area contributed by atoms with E-state index in [1.54, 1.807) is 52.1 Å². The zero-order valence-corrected chi connectivity index (χ0v) is 21.5. The summed E-state index contributed by atoms with van der Waals surface area (Å²) in [6.07, 6.45) is 0.398. The van der Waals surface area contributed by atoms with Crippen LogP contribution in [0.2, 0.25) is 0 Å². The van der Waals surface area contributed by atoms with Gasteiger partial charge in [0, 0.05) is 17.5 Å². The van der Waals surface area contributed by atoms with Gasteiger partial charge in [0.05, 0.1) is 7.11 Å². The second-order valence-corrected chi connectivity index (χ2v) is 9.96. The minimum atomic E-state index is -0.893. The quantitative estimate of drug-likeness (QED) is 0.243. The van der Waals surface area contributed by atoms with Crippen molar-refractivity contribution in [2.75, 3.05) is 7.11 Å². The number of amides is 1. The lowest BCUT2D eigenvalue weighted by molar-refractivity contribution is -0.137. The average molecular weight is 496 g/mol. The summed E-state index contributed by atoms with van der Waals surface area (Å²) >= 11 is 0. The SMILES string of the molecule is COc1ccc(-c2cc(=O)oc3cc(OC(=O)C(CCC(C)C)NC(=O)OC(C)(C)C)ccc23)cc1. The molecule has 0 saturated heterocycles. The Bertz CT molecular complexity index is 1270. The first-order valence-electron chi connectivity index (χ1n) is 11.9. The third kappa shape index (κ3) is 7.34. The molecule has 0 aliphatic heterocycles. The number of hydrogen-bond donors (Lipinski definition) is 1. The molecule has 3 rings (SSSR count). The van der Waals surface area contributed by atoms with Crippen LogP contribution in [-0.2, 0) is 9.53 Å². The summed E-state index contributed by atoms with van der Waals surface area (Å²) in [6, 6.07) is 12.7. The van der Waals surface area contributed by atoms with Crippen LogP contribution in [0.15, 0.2) is 57.7 Å². The smallest absolute Gasteiger partial charge is 0.408 e. The van der Waals surface area contributed by atoms with Crippen LogP contribution in [-0.4, -0.2) is 30.8 Å². The Labute approximate surface area is 210 Å². The van der Waals surface area contributed by atoms with Gasteiger partial charge in [-0.2, -0.15) is 0 Å². The van der Waals surface area contributed by atoms with Crippen LogP contribution in [0.4, 0.5) is 4.79 Å². The highest BCUT2D eigenvalue weighted by molar-refractivity contribution is 5.94. The maximum absolute atomic E-state index is 13.0. The molecule has 0 spiro atoms. The Kier molecular flexibility index (Phi) is 8.40. The number of ether oxygens (including phenoxy) is 3. The first-order chi connectivity index (χ1) is 16.9. The molecular formula is C28H33NO7. The van der Waals surface area contributed by atoms with Crippen LogP contribution >= 0.6 is 0 Å². The lowest BCUT2D eigenvalue weighted by atomic mass is 10.0. The van der Waals surface area contributed by atoms with Crippen LogP contribution in [0.3, 0.4) is 0 Å². The van der Waals surface area contributed by atoms with Crippen molar-refractivity contribution >= 4 is 23.0 Å². The van der Waals surface area contributed by atoms with Gasteiger partial charge < -0.3 is 23.9 Å². The highest BCUT2D eigenvalue weighted by Crippen LogP contribution is 2.31. The normalized spacial score (nSPS) is 12.3. The first kappa shape index (κ1) is 26.8. The van der Waals surface area contributed by atoms with Gasteiger partial charge in [0.1, 0.15) is 28.7 Å².